The van der Waals surface area contributed by atoms with Crippen molar-refractivity contribution in [1.29, 1.82) is 0 Å². The summed E-state index contributed by atoms with van der Waals surface area (Å²) < 4.78 is 35.4. The lowest BCUT2D eigenvalue weighted by atomic mass is 10.2. The van der Waals surface area contributed by atoms with Gasteiger partial charge in [0.05, 0.1) is 12.7 Å². The van der Waals surface area contributed by atoms with E-state index in [-0.39, 0.29) is 5.75 Å². The van der Waals surface area contributed by atoms with Crippen LogP contribution in [0.15, 0.2) is 16.8 Å². The quantitative estimate of drug-likeness (QED) is 0.765. The van der Waals surface area contributed by atoms with E-state index in [1.807, 2.05) is 23.8 Å². The molecule has 1 aromatic heterocycles. The molecule has 0 amide bonds. The summed E-state index contributed by atoms with van der Waals surface area (Å²) >= 11 is 1.62. The Hall–Kier alpha value is -0.430. The predicted octanol–water partition coefficient (Wildman–Crippen LogP) is 1.97. The number of hydrogen-bond acceptors (Lipinski definition) is 4. The second kappa shape index (κ2) is 6.34. The lowest BCUT2D eigenvalue weighted by Crippen LogP contribution is -2.23. The van der Waals surface area contributed by atoms with Crippen LogP contribution in [0.2, 0.25) is 0 Å². The Bertz CT molecular complexity index is 383. The highest BCUT2D eigenvalue weighted by Gasteiger charge is 2.15. The van der Waals surface area contributed by atoms with Gasteiger partial charge in [-0.2, -0.15) is 19.8 Å². The molecule has 16 heavy (non-hydrogen) atoms. The molecular weight excluding hydrogens is 248 g/mol. The van der Waals surface area contributed by atoms with Crippen molar-refractivity contribution in [2.75, 3.05) is 12.4 Å². The van der Waals surface area contributed by atoms with Crippen molar-refractivity contribution in [2.45, 2.75) is 25.9 Å². The van der Waals surface area contributed by atoms with E-state index in [0.717, 1.165) is 6.42 Å². The van der Waals surface area contributed by atoms with Crippen molar-refractivity contribution in [1.82, 2.24) is 0 Å². The molecule has 0 radical (unpaired) electrons. The van der Waals surface area contributed by atoms with Crippen molar-refractivity contribution < 1.29 is 17.7 Å². The summed E-state index contributed by atoms with van der Waals surface area (Å²) in [5.74, 6) is -0.326. The Morgan fingerprint density at radius 1 is 1.56 bits per heavy atom. The molecule has 0 aromatic carbocycles. The molecule has 1 unspecified atom stereocenters. The third kappa shape index (κ3) is 5.60. The highest BCUT2D eigenvalue weighted by Crippen LogP contribution is 2.08. The fourth-order valence-corrected chi connectivity index (χ4v) is 2.80. The summed E-state index contributed by atoms with van der Waals surface area (Å²) in [6.45, 7) is 2.31. The Labute approximate surface area is 100 Å². The van der Waals surface area contributed by atoms with Gasteiger partial charge in [-0.15, -0.1) is 0 Å². The average Bonchev–Trinajstić information content (AvgIpc) is 2.67. The average molecular weight is 264 g/mol. The first-order valence-electron chi connectivity index (χ1n) is 5.09. The normalized spacial score (nSPS) is 13.9. The number of hydrogen-bond donors (Lipinski definition) is 1. The number of rotatable bonds is 7. The van der Waals surface area contributed by atoms with E-state index >= 15 is 0 Å². The molecule has 1 aromatic rings. The Kier molecular flexibility index (Phi) is 5.40. The molecule has 0 saturated carbocycles. The van der Waals surface area contributed by atoms with E-state index in [1.165, 1.54) is 5.56 Å². The first-order chi connectivity index (χ1) is 7.51. The van der Waals surface area contributed by atoms with Crippen LogP contribution < -0.4 is 0 Å². The number of ether oxygens (including phenoxy) is 1. The molecule has 1 N–H and O–H groups in total. The lowest BCUT2D eigenvalue weighted by molar-refractivity contribution is 0.0670. The van der Waals surface area contributed by atoms with Crippen LogP contribution in [0.25, 0.3) is 0 Å². The molecule has 1 heterocycles. The third-order valence-corrected chi connectivity index (χ3v) is 3.70. The molecule has 92 valence electrons. The molecule has 4 nitrogen and oxygen atoms in total. The zero-order chi connectivity index (χ0) is 12.0. The van der Waals surface area contributed by atoms with Gasteiger partial charge in [0, 0.05) is 0 Å². The summed E-state index contributed by atoms with van der Waals surface area (Å²) in [6.07, 6.45) is 0.920. The molecule has 0 aliphatic rings. The van der Waals surface area contributed by atoms with E-state index in [2.05, 4.69) is 0 Å². The highest BCUT2D eigenvalue weighted by atomic mass is 32.2. The van der Waals surface area contributed by atoms with Gasteiger partial charge in [-0.1, -0.05) is 6.92 Å². The maximum atomic E-state index is 10.7. The van der Waals surface area contributed by atoms with Crippen molar-refractivity contribution in [3.63, 3.8) is 0 Å². The Morgan fingerprint density at radius 3 is 2.81 bits per heavy atom. The highest BCUT2D eigenvalue weighted by molar-refractivity contribution is 7.85. The molecule has 0 spiro atoms. The summed E-state index contributed by atoms with van der Waals surface area (Å²) in [4.78, 5) is 0. The van der Waals surface area contributed by atoms with Crippen LogP contribution >= 0.6 is 11.3 Å². The van der Waals surface area contributed by atoms with Crippen LogP contribution in [0.3, 0.4) is 0 Å². The van der Waals surface area contributed by atoms with Crippen molar-refractivity contribution in [2.24, 2.45) is 0 Å². The molecule has 0 fully saturated rings. The van der Waals surface area contributed by atoms with Crippen molar-refractivity contribution >= 4 is 21.5 Å². The second-order valence-corrected chi connectivity index (χ2v) is 5.81. The zero-order valence-electron chi connectivity index (χ0n) is 9.13. The van der Waals surface area contributed by atoms with Gasteiger partial charge < -0.3 is 4.74 Å². The largest absolute Gasteiger partial charge is 0.377 e. The maximum absolute atomic E-state index is 10.7. The van der Waals surface area contributed by atoms with Crippen LogP contribution in [0.5, 0.6) is 0 Å². The molecule has 0 saturated heterocycles. The van der Waals surface area contributed by atoms with Crippen LogP contribution in [-0.4, -0.2) is 31.4 Å². The van der Waals surface area contributed by atoms with E-state index in [0.29, 0.717) is 13.0 Å². The maximum Gasteiger partial charge on any atom is 0.267 e. The summed E-state index contributed by atoms with van der Waals surface area (Å²) in [5, 5.41) is 4.03. The van der Waals surface area contributed by atoms with Gasteiger partial charge >= 0.3 is 0 Å². The van der Waals surface area contributed by atoms with Crippen LogP contribution in [0, 0.1) is 0 Å². The SMILES string of the molecule is CCC(CS(=O)(=O)O)OCCc1ccsc1. The lowest BCUT2D eigenvalue weighted by Gasteiger charge is -2.13. The minimum atomic E-state index is -3.94. The molecular formula is C10H16O4S2. The third-order valence-electron chi connectivity index (χ3n) is 2.18. The van der Waals surface area contributed by atoms with E-state index in [1.54, 1.807) is 11.3 Å². The summed E-state index contributed by atoms with van der Waals surface area (Å²) in [6, 6.07) is 2.01. The fraction of sp³-hybridized carbons (Fsp3) is 0.600. The van der Waals surface area contributed by atoms with Gasteiger partial charge in [-0.3, -0.25) is 4.55 Å². The molecule has 1 rings (SSSR count). The smallest absolute Gasteiger partial charge is 0.267 e. The van der Waals surface area contributed by atoms with Gasteiger partial charge in [-0.25, -0.2) is 0 Å². The van der Waals surface area contributed by atoms with Gasteiger partial charge in [0.2, 0.25) is 0 Å². The molecule has 0 aliphatic carbocycles. The number of thiophene rings is 1. The van der Waals surface area contributed by atoms with E-state index < -0.39 is 16.2 Å². The first-order valence-corrected chi connectivity index (χ1v) is 7.64. The van der Waals surface area contributed by atoms with Gasteiger partial charge in [0.15, 0.2) is 0 Å². The first kappa shape index (κ1) is 13.6. The minimum Gasteiger partial charge on any atom is -0.377 e. The monoisotopic (exact) mass is 264 g/mol. The molecule has 0 bridgehead atoms. The van der Waals surface area contributed by atoms with Crippen LogP contribution in [0.1, 0.15) is 18.9 Å². The van der Waals surface area contributed by atoms with Gasteiger partial charge in [0.25, 0.3) is 10.1 Å². The zero-order valence-corrected chi connectivity index (χ0v) is 10.8. The summed E-state index contributed by atoms with van der Waals surface area (Å²) in [5.41, 5.74) is 1.19. The van der Waals surface area contributed by atoms with Gasteiger partial charge in [-0.05, 0) is 35.2 Å². The van der Waals surface area contributed by atoms with Crippen LogP contribution in [-0.2, 0) is 21.3 Å². The van der Waals surface area contributed by atoms with Gasteiger partial charge in [0.1, 0.15) is 5.75 Å². The van der Waals surface area contributed by atoms with E-state index in [9.17, 15) is 8.42 Å². The second-order valence-electron chi connectivity index (χ2n) is 3.53. The predicted molar refractivity (Wildman–Crippen MR) is 64.5 cm³/mol. The Morgan fingerprint density at radius 2 is 2.31 bits per heavy atom. The molecule has 0 aliphatic heterocycles. The van der Waals surface area contributed by atoms with Crippen molar-refractivity contribution in [3.8, 4) is 0 Å². The van der Waals surface area contributed by atoms with Crippen LogP contribution in [0.4, 0.5) is 0 Å². The molecule has 6 heteroatoms. The summed E-state index contributed by atoms with van der Waals surface area (Å²) in [7, 11) is -3.94. The minimum absolute atomic E-state index is 0.326. The Balaban J connectivity index is 2.29. The van der Waals surface area contributed by atoms with E-state index in [4.69, 9.17) is 9.29 Å². The molecule has 1 atom stereocenters. The fourth-order valence-electron chi connectivity index (χ4n) is 1.30. The standard InChI is InChI=1S/C10H16O4S2/c1-2-10(8-16(11,12)13)14-5-3-9-4-6-15-7-9/h4,6-7,10H,2-3,5,8H2,1H3,(H,11,12,13). The topological polar surface area (TPSA) is 63.6 Å². The van der Waals surface area contributed by atoms with Crippen molar-refractivity contribution in [3.05, 3.63) is 22.4 Å².